The number of nitrogens with two attached hydrogens (primary N) is 2. The second-order valence-electron chi connectivity index (χ2n) is 3.58. The predicted molar refractivity (Wildman–Crippen MR) is 50.1 cm³/mol. The van der Waals surface area contributed by atoms with Crippen LogP contribution in [-0.4, -0.2) is 39.7 Å². The molecule has 0 aliphatic heterocycles. The summed E-state index contributed by atoms with van der Waals surface area (Å²) in [4.78, 5) is 0. The van der Waals surface area contributed by atoms with E-state index in [9.17, 15) is 0 Å². The molecular formula is C6H21N2P. The smallest absolute Gasteiger partial charge is 0.00461 e. The van der Waals surface area contributed by atoms with Crippen molar-refractivity contribution in [1.29, 1.82) is 0 Å². The van der Waals surface area contributed by atoms with E-state index in [1.807, 2.05) is 0 Å². The number of rotatable bonds is 1. The summed E-state index contributed by atoms with van der Waals surface area (Å²) in [5.74, 6) is 0. The van der Waals surface area contributed by atoms with E-state index in [1.54, 1.807) is 0 Å². The zero-order chi connectivity index (χ0) is 7.91. The van der Waals surface area contributed by atoms with Gasteiger partial charge in [0.25, 0.3) is 0 Å². The van der Waals surface area contributed by atoms with Gasteiger partial charge in [-0.1, -0.05) is 0 Å². The topological polar surface area (TPSA) is 52.0 Å². The molecule has 2 nitrogen and oxygen atoms in total. The fraction of sp³-hybridized carbons (Fsp3) is 1.00. The minimum atomic E-state index is -0.611. The van der Waals surface area contributed by atoms with E-state index in [1.165, 1.54) is 0 Å². The van der Waals surface area contributed by atoms with E-state index in [0.29, 0.717) is 13.1 Å². The minimum absolute atomic E-state index is 0.597. The molecule has 0 atom stereocenters. The van der Waals surface area contributed by atoms with Gasteiger partial charge >= 0.3 is 33.9 Å². The molecule has 0 saturated heterocycles. The largest absolute Gasteiger partial charge is 0.329 e. The van der Waals surface area contributed by atoms with Crippen LogP contribution in [0.2, 0.25) is 0 Å². The van der Waals surface area contributed by atoms with Crippen LogP contribution in [0.1, 0.15) is 0 Å². The molecule has 0 bridgehead atoms. The summed E-state index contributed by atoms with van der Waals surface area (Å²) in [5.41, 5.74) is 9.81. The Bertz CT molecular complexity index is 41.5. The Morgan fingerprint density at radius 2 is 1.00 bits per heavy atom. The van der Waals surface area contributed by atoms with Crippen LogP contribution in [0, 0.1) is 0 Å². The number of hydrogen-bond acceptors (Lipinski definition) is 2. The molecular weight excluding hydrogens is 131 g/mol. The molecule has 0 heterocycles. The summed E-state index contributed by atoms with van der Waals surface area (Å²) in [7, 11) is -0.611. The molecule has 0 spiro atoms. The van der Waals surface area contributed by atoms with Gasteiger partial charge in [0.05, 0.1) is 0 Å². The van der Waals surface area contributed by atoms with Gasteiger partial charge in [-0.25, -0.2) is 0 Å². The summed E-state index contributed by atoms with van der Waals surface area (Å²) < 4.78 is 0. The molecule has 0 aromatic carbocycles. The third-order valence-electron chi connectivity index (χ3n) is 0.167. The van der Waals surface area contributed by atoms with E-state index in [2.05, 4.69) is 26.7 Å². The van der Waals surface area contributed by atoms with Crippen LogP contribution >= 0.6 is 7.26 Å². The molecule has 3 heteroatoms. The fourth-order valence-corrected chi connectivity index (χ4v) is 0. The zero-order valence-electron chi connectivity index (χ0n) is 7.07. The molecule has 4 N–H and O–H groups in total. The first-order valence-corrected chi connectivity index (χ1v) is 7.32. The van der Waals surface area contributed by atoms with Crippen LogP contribution in [-0.2, 0) is 0 Å². The average Bonchev–Trinajstić information content (AvgIpc) is 1.61. The van der Waals surface area contributed by atoms with Crippen LogP contribution in [0.3, 0.4) is 0 Å². The molecule has 9 heavy (non-hydrogen) atoms. The monoisotopic (exact) mass is 152 g/mol. The van der Waals surface area contributed by atoms with E-state index >= 15 is 0 Å². The van der Waals surface area contributed by atoms with Crippen LogP contribution in [0.25, 0.3) is 0 Å². The van der Waals surface area contributed by atoms with Crippen molar-refractivity contribution in [3.63, 3.8) is 0 Å². The van der Waals surface area contributed by atoms with E-state index in [4.69, 9.17) is 11.5 Å². The molecule has 0 amide bonds. The van der Waals surface area contributed by atoms with Crippen LogP contribution in [0.15, 0.2) is 0 Å². The Morgan fingerprint density at radius 1 is 0.889 bits per heavy atom. The molecule has 0 radical (unpaired) electrons. The first-order chi connectivity index (χ1) is 3.91. The summed E-state index contributed by atoms with van der Waals surface area (Å²) in [5, 5.41) is 0. The Morgan fingerprint density at radius 3 is 1.00 bits per heavy atom. The van der Waals surface area contributed by atoms with Crippen molar-refractivity contribution in [3.8, 4) is 0 Å². The van der Waals surface area contributed by atoms with E-state index in [-0.39, 0.29) is 0 Å². The maximum Gasteiger partial charge on any atom is 0.00461 e. The van der Waals surface area contributed by atoms with Crippen molar-refractivity contribution in [3.05, 3.63) is 0 Å². The van der Waals surface area contributed by atoms with Crippen LogP contribution in [0.4, 0.5) is 0 Å². The Balaban J connectivity index is 0. The second-order valence-corrected chi connectivity index (χ2v) is 9.58. The first kappa shape index (κ1) is 12.1. The third-order valence-corrected chi connectivity index (χ3v) is 0.167. The van der Waals surface area contributed by atoms with Gasteiger partial charge in [-0.15, -0.1) is 0 Å². The second kappa shape index (κ2) is 6.47. The Kier molecular flexibility index (Phi) is 8.67. The zero-order valence-corrected chi connectivity index (χ0v) is 8.07. The third kappa shape index (κ3) is 185. The SMILES string of the molecule is C[PH](C)(C)C.NCCN. The van der Waals surface area contributed by atoms with Crippen molar-refractivity contribution in [1.82, 2.24) is 0 Å². The Hall–Kier alpha value is 0.350. The molecule has 0 aliphatic rings. The standard InChI is InChI=1S/C4H13P.C2H8N2/c1-5(2,3)4;3-1-2-4/h5H,1-4H3;1-4H2. The molecule has 60 valence electrons. The van der Waals surface area contributed by atoms with Crippen molar-refractivity contribution in [2.75, 3.05) is 39.7 Å². The molecule has 0 aliphatic carbocycles. The van der Waals surface area contributed by atoms with Crippen LogP contribution < -0.4 is 11.5 Å². The van der Waals surface area contributed by atoms with Gasteiger partial charge in [-0.05, 0) is 0 Å². The van der Waals surface area contributed by atoms with Gasteiger partial charge in [0.1, 0.15) is 0 Å². The summed E-state index contributed by atoms with van der Waals surface area (Å²) in [6.45, 7) is 10.5. The normalized spacial score (nSPS) is 11.8. The van der Waals surface area contributed by atoms with Crippen molar-refractivity contribution < 1.29 is 0 Å². The number of hydrogen-bond donors (Lipinski definition) is 2. The summed E-state index contributed by atoms with van der Waals surface area (Å²) in [6.07, 6.45) is 0. The Labute approximate surface area is 59.3 Å². The van der Waals surface area contributed by atoms with Crippen molar-refractivity contribution in [2.45, 2.75) is 0 Å². The van der Waals surface area contributed by atoms with Gasteiger partial charge in [0, 0.05) is 13.1 Å². The molecule has 0 aromatic rings. The fourth-order valence-electron chi connectivity index (χ4n) is 0. The summed E-state index contributed by atoms with van der Waals surface area (Å²) in [6, 6.07) is 0. The van der Waals surface area contributed by atoms with E-state index in [0.717, 1.165) is 0 Å². The predicted octanol–water partition coefficient (Wildman–Crippen LogP) is 0.159. The molecule has 0 fully saturated rings. The van der Waals surface area contributed by atoms with Crippen molar-refractivity contribution in [2.24, 2.45) is 11.5 Å². The van der Waals surface area contributed by atoms with Crippen LogP contribution in [0.5, 0.6) is 0 Å². The quantitative estimate of drug-likeness (QED) is 0.526. The van der Waals surface area contributed by atoms with Crippen molar-refractivity contribution >= 4 is 7.26 Å². The maximum absolute atomic E-state index is 4.90. The minimum Gasteiger partial charge on any atom is -0.329 e. The molecule has 0 saturated carbocycles. The van der Waals surface area contributed by atoms with E-state index < -0.39 is 7.26 Å². The first-order valence-electron chi connectivity index (χ1n) is 3.32. The van der Waals surface area contributed by atoms with Gasteiger partial charge < -0.3 is 11.5 Å². The molecule has 0 aromatic heterocycles. The molecule has 0 unspecified atom stereocenters. The van der Waals surface area contributed by atoms with Gasteiger partial charge in [-0.2, -0.15) is 0 Å². The summed E-state index contributed by atoms with van der Waals surface area (Å²) >= 11 is 0. The van der Waals surface area contributed by atoms with Gasteiger partial charge in [-0.3, -0.25) is 0 Å². The van der Waals surface area contributed by atoms with Gasteiger partial charge in [0.15, 0.2) is 0 Å². The average molecular weight is 152 g/mol. The molecule has 0 rings (SSSR count). The maximum atomic E-state index is 4.90. The van der Waals surface area contributed by atoms with Gasteiger partial charge in [0.2, 0.25) is 0 Å².